The number of aliphatic carboxylic acids is 3. The highest BCUT2D eigenvalue weighted by Crippen LogP contribution is 2.04. The minimum Gasteiger partial charge on any atom is -0.480 e. The monoisotopic (exact) mass is 394 g/mol. The second kappa shape index (κ2) is 17.0. The molecule has 12 heteroatoms. The van der Waals surface area contributed by atoms with Crippen LogP contribution >= 0.6 is 0 Å². The van der Waals surface area contributed by atoms with Crippen molar-refractivity contribution in [3.05, 3.63) is 0 Å². The van der Waals surface area contributed by atoms with Crippen molar-refractivity contribution in [3.8, 4) is 0 Å². The lowest BCUT2D eigenvalue weighted by molar-refractivity contribution is -0.140. The first-order valence-corrected chi connectivity index (χ1v) is 8.30. The molecule has 0 heterocycles. The fraction of sp³-hybridized carbons (Fsp3) is 0.733. The van der Waals surface area contributed by atoms with Crippen molar-refractivity contribution in [3.63, 3.8) is 0 Å². The Morgan fingerprint density at radius 2 is 1.44 bits per heavy atom. The van der Waals surface area contributed by atoms with E-state index in [2.05, 4.69) is 5.32 Å². The zero-order valence-corrected chi connectivity index (χ0v) is 16.0. The molecule has 0 aliphatic heterocycles. The van der Waals surface area contributed by atoms with E-state index in [1.54, 1.807) is 0 Å². The van der Waals surface area contributed by atoms with Gasteiger partial charge in [-0.2, -0.15) is 0 Å². The fourth-order valence-corrected chi connectivity index (χ4v) is 1.17. The van der Waals surface area contributed by atoms with E-state index in [9.17, 15) is 14.4 Å². The van der Waals surface area contributed by atoms with E-state index in [-0.39, 0.29) is 11.9 Å². The molecular weight excluding hydrogens is 360 g/mol. The van der Waals surface area contributed by atoms with E-state index in [1.165, 1.54) is 6.92 Å². The van der Waals surface area contributed by atoms with Crippen LogP contribution in [0.3, 0.4) is 0 Å². The fourth-order valence-electron chi connectivity index (χ4n) is 1.17. The van der Waals surface area contributed by atoms with Gasteiger partial charge in [0.15, 0.2) is 5.96 Å². The molecule has 0 rings (SSSR count). The van der Waals surface area contributed by atoms with Crippen LogP contribution in [0, 0.1) is 11.3 Å². The average Bonchev–Trinajstić information content (AvgIpc) is 2.57. The Bertz CT molecular complexity index is 460. The van der Waals surface area contributed by atoms with Gasteiger partial charge >= 0.3 is 17.9 Å². The zero-order chi connectivity index (χ0) is 22.2. The standard InChI is InChI=1S/C6H14N4O2.C6H13NO2.C3H7NO2/c7-4(5(11)12)2-1-3-10-6(8)9;1-3-4(2)5(7)6(8)9;1-2(4)3(5)6/h4H,1-3,7H2,(H,11,12)(H4,8,9,10);4-5H,3,7H2,1-2H3,(H,8,9);2H,4H2,1H3,(H,5,6)/t4-;4-,5-;2-/m000/s1. The van der Waals surface area contributed by atoms with Gasteiger partial charge in [-0.3, -0.25) is 19.8 Å². The van der Waals surface area contributed by atoms with Crippen LogP contribution in [0.25, 0.3) is 0 Å². The van der Waals surface area contributed by atoms with E-state index in [0.29, 0.717) is 19.4 Å². The zero-order valence-electron chi connectivity index (χ0n) is 16.0. The number of carboxylic acids is 3. The third kappa shape index (κ3) is 21.5. The van der Waals surface area contributed by atoms with Crippen LogP contribution in [-0.4, -0.2) is 63.9 Å². The molecule has 0 saturated heterocycles. The number of carboxylic acid groups (broad SMARTS) is 3. The topological polar surface area (TPSA) is 252 Å². The molecule has 0 unspecified atom stereocenters. The Morgan fingerprint density at radius 3 is 1.67 bits per heavy atom. The van der Waals surface area contributed by atoms with Crippen LogP contribution in [0.5, 0.6) is 0 Å². The van der Waals surface area contributed by atoms with Gasteiger partial charge in [-0.1, -0.05) is 20.3 Å². The predicted molar refractivity (Wildman–Crippen MR) is 101 cm³/mol. The highest BCUT2D eigenvalue weighted by molar-refractivity contribution is 5.74. The van der Waals surface area contributed by atoms with E-state index in [0.717, 1.165) is 6.42 Å². The van der Waals surface area contributed by atoms with Gasteiger partial charge < -0.3 is 43.6 Å². The summed E-state index contributed by atoms with van der Waals surface area (Å²) < 4.78 is 0. The number of hydrogen-bond acceptors (Lipinski definition) is 7. The molecule has 160 valence electrons. The van der Waals surface area contributed by atoms with Crippen molar-refractivity contribution < 1.29 is 29.7 Å². The first-order chi connectivity index (χ1) is 12.3. The maximum Gasteiger partial charge on any atom is 0.320 e. The largest absolute Gasteiger partial charge is 0.480 e. The molecule has 0 aliphatic carbocycles. The minimum absolute atomic E-state index is 0.0718. The van der Waals surface area contributed by atoms with Gasteiger partial charge in [0, 0.05) is 6.54 Å². The summed E-state index contributed by atoms with van der Waals surface area (Å²) in [5.74, 6) is -2.92. The van der Waals surface area contributed by atoms with Crippen LogP contribution in [0.2, 0.25) is 0 Å². The number of carbonyl (C=O) groups is 3. The van der Waals surface area contributed by atoms with Crippen LogP contribution < -0.4 is 28.3 Å². The third-order valence-electron chi connectivity index (χ3n) is 3.26. The number of nitrogens with one attached hydrogen (secondary N) is 2. The molecule has 13 N–H and O–H groups in total. The molecule has 0 fully saturated rings. The summed E-state index contributed by atoms with van der Waals surface area (Å²) in [6, 6.07) is -2.25. The molecule has 0 aromatic carbocycles. The first-order valence-electron chi connectivity index (χ1n) is 8.30. The third-order valence-corrected chi connectivity index (χ3v) is 3.26. The van der Waals surface area contributed by atoms with Crippen molar-refractivity contribution in [2.75, 3.05) is 6.54 Å². The maximum atomic E-state index is 10.2. The van der Waals surface area contributed by atoms with Crippen LogP contribution in [0.15, 0.2) is 0 Å². The molecule has 0 radical (unpaired) electrons. The highest BCUT2D eigenvalue weighted by atomic mass is 16.4. The summed E-state index contributed by atoms with van der Waals surface area (Å²) in [5.41, 5.74) is 20.3. The number of guanidine groups is 1. The van der Waals surface area contributed by atoms with Crippen molar-refractivity contribution in [2.24, 2.45) is 28.9 Å². The molecule has 0 aromatic heterocycles. The average molecular weight is 394 g/mol. The molecule has 0 bridgehead atoms. The molecule has 0 aliphatic rings. The number of nitrogens with two attached hydrogens (primary N) is 4. The molecule has 4 atom stereocenters. The summed E-state index contributed by atoms with van der Waals surface area (Å²) in [6.45, 7) is 5.66. The van der Waals surface area contributed by atoms with Crippen molar-refractivity contribution >= 4 is 23.9 Å². The van der Waals surface area contributed by atoms with E-state index < -0.39 is 36.0 Å². The summed E-state index contributed by atoms with van der Waals surface area (Å²) in [6.07, 6.45) is 1.79. The highest BCUT2D eigenvalue weighted by Gasteiger charge is 2.17. The Morgan fingerprint density at radius 1 is 1.00 bits per heavy atom. The summed E-state index contributed by atoms with van der Waals surface area (Å²) in [7, 11) is 0. The Hall–Kier alpha value is -2.44. The quantitative estimate of drug-likeness (QED) is 0.124. The molecular formula is C15H34N6O6. The molecule has 0 amide bonds. The molecule has 0 saturated carbocycles. The Balaban J connectivity index is -0.000000340. The van der Waals surface area contributed by atoms with Crippen LogP contribution in [-0.2, 0) is 14.4 Å². The van der Waals surface area contributed by atoms with Gasteiger partial charge in [0.05, 0.1) is 0 Å². The Labute approximate surface area is 158 Å². The molecule has 12 nitrogen and oxygen atoms in total. The molecule has 27 heavy (non-hydrogen) atoms. The van der Waals surface area contributed by atoms with Crippen molar-refractivity contribution in [1.82, 2.24) is 5.32 Å². The lowest BCUT2D eigenvalue weighted by Gasteiger charge is -2.11. The number of rotatable bonds is 9. The smallest absolute Gasteiger partial charge is 0.320 e. The van der Waals surface area contributed by atoms with Crippen molar-refractivity contribution in [2.45, 2.75) is 58.2 Å². The summed E-state index contributed by atoms with van der Waals surface area (Å²) in [5, 5.41) is 33.9. The van der Waals surface area contributed by atoms with Gasteiger partial charge in [0.2, 0.25) is 0 Å². The Kier molecular flexibility index (Phi) is 18.5. The second-order valence-electron chi connectivity index (χ2n) is 5.80. The second-order valence-corrected chi connectivity index (χ2v) is 5.80. The van der Waals surface area contributed by atoms with E-state index >= 15 is 0 Å². The lowest BCUT2D eigenvalue weighted by Crippen LogP contribution is -2.36. The number of hydrogen-bond donors (Lipinski definition) is 9. The molecule has 0 aromatic rings. The lowest BCUT2D eigenvalue weighted by atomic mass is 10.0. The van der Waals surface area contributed by atoms with E-state index in [4.69, 9.17) is 43.7 Å². The van der Waals surface area contributed by atoms with Gasteiger partial charge in [-0.15, -0.1) is 0 Å². The van der Waals surface area contributed by atoms with Gasteiger partial charge in [0.1, 0.15) is 18.1 Å². The first kappa shape index (κ1) is 29.3. The minimum atomic E-state index is -1.00. The van der Waals surface area contributed by atoms with E-state index in [1.807, 2.05) is 13.8 Å². The van der Waals surface area contributed by atoms with Crippen LogP contribution in [0.1, 0.15) is 40.0 Å². The van der Waals surface area contributed by atoms with Gasteiger partial charge in [0.25, 0.3) is 0 Å². The van der Waals surface area contributed by atoms with Gasteiger partial charge in [-0.05, 0) is 25.7 Å². The maximum absolute atomic E-state index is 10.2. The SMILES string of the molecule is CC[C@H](C)[C@H](N)C(=O)O.C[C@H](N)C(=O)O.N=C(N)NCCC[C@H](N)C(=O)O. The normalized spacial score (nSPS) is 14.0. The summed E-state index contributed by atoms with van der Waals surface area (Å²) >= 11 is 0. The van der Waals surface area contributed by atoms with Gasteiger partial charge in [-0.25, -0.2) is 0 Å². The summed E-state index contributed by atoms with van der Waals surface area (Å²) in [4.78, 5) is 30.0. The van der Waals surface area contributed by atoms with Crippen molar-refractivity contribution in [1.29, 1.82) is 5.41 Å². The molecule has 0 spiro atoms. The predicted octanol–water partition coefficient (Wildman–Crippen LogP) is -1.48. The van der Waals surface area contributed by atoms with Crippen LogP contribution in [0.4, 0.5) is 0 Å².